The number of aliphatic hydroxyl groups excluding tert-OH is 1. The molecule has 4 rings (SSSR count). The van der Waals surface area contributed by atoms with E-state index < -0.39 is 6.10 Å². The third kappa shape index (κ3) is 3.52. The number of anilines is 1. The lowest BCUT2D eigenvalue weighted by Gasteiger charge is -2.12. The fourth-order valence-electron chi connectivity index (χ4n) is 3.28. The second-order valence-electron chi connectivity index (χ2n) is 6.86. The molecule has 4 aromatic rings. The number of hydrogen-bond donors (Lipinski definition) is 2. The van der Waals surface area contributed by atoms with E-state index in [1.165, 1.54) is 6.33 Å². The van der Waals surface area contributed by atoms with Crippen molar-refractivity contribution in [2.45, 2.75) is 19.6 Å². The topological polar surface area (TPSA) is 85.0 Å². The van der Waals surface area contributed by atoms with Crippen molar-refractivity contribution in [3.8, 4) is 0 Å². The van der Waals surface area contributed by atoms with Gasteiger partial charge in [0, 0.05) is 23.6 Å². The van der Waals surface area contributed by atoms with Gasteiger partial charge in [0.05, 0.1) is 12.6 Å². The molecule has 0 aliphatic heterocycles. The maximum atomic E-state index is 12.7. The van der Waals surface area contributed by atoms with Crippen molar-refractivity contribution in [1.82, 2.24) is 19.3 Å². The van der Waals surface area contributed by atoms with Gasteiger partial charge in [-0.1, -0.05) is 23.8 Å². The van der Waals surface area contributed by atoms with E-state index in [9.17, 15) is 9.90 Å². The first-order valence-electron chi connectivity index (χ1n) is 8.99. The minimum atomic E-state index is -0.701. The molecule has 142 valence electrons. The van der Waals surface area contributed by atoms with E-state index in [4.69, 9.17) is 0 Å². The van der Waals surface area contributed by atoms with Crippen LogP contribution in [0.15, 0.2) is 61.2 Å². The minimum Gasteiger partial charge on any atom is -0.386 e. The highest BCUT2D eigenvalue weighted by atomic mass is 16.3. The Kier molecular flexibility index (Phi) is 4.67. The summed E-state index contributed by atoms with van der Waals surface area (Å²) >= 11 is 0. The molecule has 0 spiro atoms. The van der Waals surface area contributed by atoms with Crippen LogP contribution in [-0.4, -0.2) is 30.3 Å². The SMILES string of the molecule is Cc1ccc2c(c1)cc(C(=O)Nc1ccc([C@@H](O)Cn3cncn3)cc1)n2C. The van der Waals surface area contributed by atoms with E-state index >= 15 is 0 Å². The van der Waals surface area contributed by atoms with Crippen molar-refractivity contribution in [2.75, 3.05) is 5.32 Å². The number of nitrogens with zero attached hydrogens (tertiary/aromatic N) is 4. The molecule has 2 heterocycles. The third-order valence-corrected chi connectivity index (χ3v) is 4.81. The molecule has 1 atom stereocenters. The number of amides is 1. The van der Waals surface area contributed by atoms with Gasteiger partial charge in [-0.25, -0.2) is 4.98 Å². The average Bonchev–Trinajstić information content (AvgIpc) is 3.30. The van der Waals surface area contributed by atoms with Crippen molar-refractivity contribution in [1.29, 1.82) is 0 Å². The molecule has 28 heavy (non-hydrogen) atoms. The number of hydrogen-bond acceptors (Lipinski definition) is 4. The monoisotopic (exact) mass is 375 g/mol. The third-order valence-electron chi connectivity index (χ3n) is 4.81. The van der Waals surface area contributed by atoms with Crippen LogP contribution in [0.3, 0.4) is 0 Å². The standard InChI is InChI=1S/C21H21N5O2/c1-14-3-8-18-16(9-14)10-19(25(18)2)21(28)24-17-6-4-15(5-7-17)20(27)11-26-13-22-12-23-26/h3-10,12-13,20,27H,11H2,1-2H3,(H,24,28)/t20-/m0/s1. The molecule has 0 aliphatic rings. The zero-order valence-corrected chi connectivity index (χ0v) is 15.7. The van der Waals surface area contributed by atoms with Crippen LogP contribution >= 0.6 is 0 Å². The first kappa shape index (κ1) is 17.9. The van der Waals surface area contributed by atoms with Gasteiger partial charge < -0.3 is 15.0 Å². The summed E-state index contributed by atoms with van der Waals surface area (Å²) in [6.07, 6.45) is 2.29. The van der Waals surface area contributed by atoms with E-state index in [0.717, 1.165) is 22.0 Å². The molecule has 2 aromatic carbocycles. The smallest absolute Gasteiger partial charge is 0.272 e. The van der Waals surface area contributed by atoms with Crippen LogP contribution in [0.1, 0.15) is 27.7 Å². The van der Waals surface area contributed by atoms with Crippen LogP contribution in [0.4, 0.5) is 5.69 Å². The normalized spacial score (nSPS) is 12.2. The van der Waals surface area contributed by atoms with Crippen molar-refractivity contribution in [3.05, 3.63) is 78.0 Å². The molecule has 2 aromatic heterocycles. The minimum absolute atomic E-state index is 0.174. The lowest BCUT2D eigenvalue weighted by atomic mass is 10.1. The van der Waals surface area contributed by atoms with Gasteiger partial charge in [0.1, 0.15) is 18.3 Å². The van der Waals surface area contributed by atoms with E-state index in [0.29, 0.717) is 17.9 Å². The predicted octanol–water partition coefficient (Wildman–Crippen LogP) is 3.06. The van der Waals surface area contributed by atoms with Gasteiger partial charge in [-0.3, -0.25) is 9.48 Å². The van der Waals surface area contributed by atoms with Crippen molar-refractivity contribution < 1.29 is 9.90 Å². The summed E-state index contributed by atoms with van der Waals surface area (Å²) in [4.78, 5) is 16.6. The van der Waals surface area contributed by atoms with Crippen molar-refractivity contribution in [3.63, 3.8) is 0 Å². The van der Waals surface area contributed by atoms with E-state index in [1.54, 1.807) is 35.3 Å². The molecule has 0 saturated heterocycles. The number of carbonyl (C=O) groups is 1. The average molecular weight is 375 g/mol. The maximum Gasteiger partial charge on any atom is 0.272 e. The van der Waals surface area contributed by atoms with Gasteiger partial charge in [0.2, 0.25) is 0 Å². The number of carbonyl (C=O) groups excluding carboxylic acids is 1. The van der Waals surface area contributed by atoms with Gasteiger partial charge >= 0.3 is 0 Å². The molecule has 2 N–H and O–H groups in total. The number of fused-ring (bicyclic) bond motifs is 1. The fourth-order valence-corrected chi connectivity index (χ4v) is 3.28. The summed E-state index contributed by atoms with van der Waals surface area (Å²) < 4.78 is 3.46. The predicted molar refractivity (Wildman–Crippen MR) is 107 cm³/mol. The highest BCUT2D eigenvalue weighted by Crippen LogP contribution is 2.22. The van der Waals surface area contributed by atoms with Gasteiger partial charge in [-0.15, -0.1) is 0 Å². The first-order chi connectivity index (χ1) is 13.5. The van der Waals surface area contributed by atoms with Crippen LogP contribution in [0.5, 0.6) is 0 Å². The zero-order valence-electron chi connectivity index (χ0n) is 15.7. The Morgan fingerprint density at radius 3 is 2.68 bits per heavy atom. The maximum absolute atomic E-state index is 12.7. The molecule has 7 nitrogen and oxygen atoms in total. The van der Waals surface area contributed by atoms with Crippen LogP contribution in [0.2, 0.25) is 0 Å². The van der Waals surface area contributed by atoms with Gasteiger partial charge in [-0.05, 0) is 42.8 Å². The summed E-state index contributed by atoms with van der Waals surface area (Å²) in [6, 6.07) is 15.2. The van der Waals surface area contributed by atoms with Gasteiger partial charge in [-0.2, -0.15) is 5.10 Å². The van der Waals surface area contributed by atoms with Crippen LogP contribution in [0.25, 0.3) is 10.9 Å². The second-order valence-corrected chi connectivity index (χ2v) is 6.86. The van der Waals surface area contributed by atoms with Crippen LogP contribution in [0, 0.1) is 6.92 Å². The lowest BCUT2D eigenvalue weighted by Crippen LogP contribution is -2.15. The summed E-state index contributed by atoms with van der Waals surface area (Å²) in [5.41, 5.74) is 4.18. The summed E-state index contributed by atoms with van der Waals surface area (Å²) in [5.74, 6) is -0.174. The highest BCUT2D eigenvalue weighted by Gasteiger charge is 2.14. The Labute approximate surface area is 162 Å². The number of rotatable bonds is 5. The van der Waals surface area contributed by atoms with Gasteiger partial charge in [0.25, 0.3) is 5.91 Å². The Hall–Kier alpha value is -3.45. The molecule has 0 bridgehead atoms. The van der Waals surface area contributed by atoms with Gasteiger partial charge in [0.15, 0.2) is 0 Å². The second kappa shape index (κ2) is 7.28. The summed E-state index contributed by atoms with van der Waals surface area (Å²) in [7, 11) is 1.89. The Bertz CT molecular complexity index is 1110. The van der Waals surface area contributed by atoms with E-state index in [-0.39, 0.29) is 5.91 Å². The number of aliphatic hydroxyl groups is 1. The summed E-state index contributed by atoms with van der Waals surface area (Å²) in [5, 5.41) is 18.3. The molecular weight excluding hydrogens is 354 g/mol. The number of nitrogens with one attached hydrogen (secondary N) is 1. The number of benzene rings is 2. The quantitative estimate of drug-likeness (QED) is 0.561. The molecular formula is C21H21N5O2. The van der Waals surface area contributed by atoms with Crippen molar-refractivity contribution in [2.24, 2.45) is 7.05 Å². The number of aryl methyl sites for hydroxylation is 2. The molecule has 0 unspecified atom stereocenters. The van der Waals surface area contributed by atoms with Crippen LogP contribution in [-0.2, 0) is 13.6 Å². The first-order valence-corrected chi connectivity index (χ1v) is 8.99. The lowest BCUT2D eigenvalue weighted by molar-refractivity contribution is 0.101. The Morgan fingerprint density at radius 1 is 1.18 bits per heavy atom. The largest absolute Gasteiger partial charge is 0.386 e. The molecule has 0 radical (unpaired) electrons. The highest BCUT2D eigenvalue weighted by molar-refractivity contribution is 6.06. The molecule has 0 aliphatic carbocycles. The fraction of sp³-hybridized carbons (Fsp3) is 0.190. The van der Waals surface area contributed by atoms with E-state index in [1.807, 2.05) is 36.7 Å². The molecule has 7 heteroatoms. The molecule has 0 saturated carbocycles. The zero-order chi connectivity index (χ0) is 19.7. The number of aromatic nitrogens is 4. The van der Waals surface area contributed by atoms with Crippen molar-refractivity contribution >= 4 is 22.5 Å². The Balaban J connectivity index is 1.48. The Morgan fingerprint density at radius 2 is 1.96 bits per heavy atom. The molecule has 1 amide bonds. The van der Waals surface area contributed by atoms with Crippen LogP contribution < -0.4 is 5.32 Å². The van der Waals surface area contributed by atoms with E-state index in [2.05, 4.69) is 21.5 Å². The summed E-state index contributed by atoms with van der Waals surface area (Å²) in [6.45, 7) is 2.35. The molecule has 0 fully saturated rings.